The van der Waals surface area contributed by atoms with Crippen LogP contribution in [0.25, 0.3) is 0 Å². The smallest absolute Gasteiger partial charge is 0.387 e. The second kappa shape index (κ2) is 7.70. The van der Waals surface area contributed by atoms with Crippen molar-refractivity contribution >= 4 is 33.0 Å². The third kappa shape index (κ3) is 4.49. The van der Waals surface area contributed by atoms with Crippen LogP contribution in [-0.4, -0.2) is 27.1 Å². The van der Waals surface area contributed by atoms with Gasteiger partial charge in [0.2, 0.25) is 0 Å². The van der Waals surface area contributed by atoms with E-state index in [4.69, 9.17) is 16.3 Å². The zero-order valence-electron chi connectivity index (χ0n) is 13.0. The molecule has 2 rings (SSSR count). The van der Waals surface area contributed by atoms with E-state index in [2.05, 4.69) is 9.46 Å². The number of hydrogen-bond donors (Lipinski definition) is 1. The summed E-state index contributed by atoms with van der Waals surface area (Å²) in [5.74, 6) is -0.417. The Morgan fingerprint density at radius 1 is 1.19 bits per heavy atom. The van der Waals surface area contributed by atoms with Crippen LogP contribution in [0.2, 0.25) is 5.02 Å². The molecule has 0 spiro atoms. The number of halogens is 3. The monoisotopic (exact) mass is 408 g/mol. The first kappa shape index (κ1) is 19.7. The van der Waals surface area contributed by atoms with Gasteiger partial charge in [0.05, 0.1) is 22.6 Å². The number of benzene rings is 2. The Hall–Kier alpha value is -2.66. The third-order valence-electron chi connectivity index (χ3n) is 3.06. The average molecular weight is 409 g/mol. The van der Waals surface area contributed by atoms with Crippen molar-refractivity contribution < 1.29 is 31.6 Å². The molecule has 0 aliphatic carbocycles. The average Bonchev–Trinajstić information content (AvgIpc) is 2.54. The molecule has 0 heterocycles. The second-order valence-corrected chi connectivity index (χ2v) is 6.81. The van der Waals surface area contributed by atoms with Gasteiger partial charge in [-0.1, -0.05) is 11.6 Å². The summed E-state index contributed by atoms with van der Waals surface area (Å²) in [5, 5.41) is 10.7. The Morgan fingerprint density at radius 2 is 1.88 bits per heavy atom. The number of rotatable bonds is 7. The predicted molar refractivity (Wildman–Crippen MR) is 88.5 cm³/mol. The first-order valence-corrected chi connectivity index (χ1v) is 8.60. The Kier molecular flexibility index (Phi) is 5.83. The lowest BCUT2D eigenvalue weighted by Gasteiger charge is -2.13. The fourth-order valence-electron chi connectivity index (χ4n) is 1.94. The Balaban J connectivity index is 2.38. The minimum atomic E-state index is -4.25. The number of hydrogen-bond acceptors (Lipinski definition) is 6. The second-order valence-electron chi connectivity index (χ2n) is 4.72. The van der Waals surface area contributed by atoms with Crippen molar-refractivity contribution in [2.24, 2.45) is 0 Å². The standard InChI is InChI=1S/C14H11ClF2N2O6S/c1-24-12-5-2-8(6-13(12)25-14(16)17)18-26(22,23)9-3-4-10(15)11(7-9)19(20)21/h2-7,14,18H,1H3. The summed E-state index contributed by atoms with van der Waals surface area (Å²) < 4.78 is 60.9. The number of nitrogens with one attached hydrogen (secondary N) is 1. The van der Waals surface area contributed by atoms with Gasteiger partial charge in [-0.05, 0) is 24.3 Å². The lowest BCUT2D eigenvalue weighted by molar-refractivity contribution is -0.384. The molecule has 0 aliphatic rings. The normalized spacial score (nSPS) is 11.3. The van der Waals surface area contributed by atoms with E-state index in [1.54, 1.807) is 0 Å². The first-order valence-electron chi connectivity index (χ1n) is 6.73. The number of nitro benzene ring substituents is 1. The van der Waals surface area contributed by atoms with Gasteiger partial charge >= 0.3 is 6.61 Å². The lowest BCUT2D eigenvalue weighted by Crippen LogP contribution is -2.13. The maximum absolute atomic E-state index is 12.4. The van der Waals surface area contributed by atoms with E-state index < -0.39 is 32.1 Å². The van der Waals surface area contributed by atoms with Crippen LogP contribution in [0.5, 0.6) is 11.5 Å². The molecule has 0 radical (unpaired) electrons. The van der Waals surface area contributed by atoms with Crippen LogP contribution in [0, 0.1) is 10.1 Å². The van der Waals surface area contributed by atoms with Gasteiger partial charge < -0.3 is 9.47 Å². The van der Waals surface area contributed by atoms with Crippen LogP contribution < -0.4 is 14.2 Å². The third-order valence-corrected chi connectivity index (χ3v) is 4.76. The number of anilines is 1. The number of alkyl halides is 2. The highest BCUT2D eigenvalue weighted by atomic mass is 35.5. The number of nitro groups is 1. The van der Waals surface area contributed by atoms with Gasteiger partial charge in [0, 0.05) is 12.1 Å². The quantitative estimate of drug-likeness (QED) is 0.553. The van der Waals surface area contributed by atoms with Crippen molar-refractivity contribution in [1.82, 2.24) is 0 Å². The van der Waals surface area contributed by atoms with E-state index in [-0.39, 0.29) is 22.2 Å². The van der Waals surface area contributed by atoms with Crippen LogP contribution in [0.3, 0.4) is 0 Å². The van der Waals surface area contributed by atoms with Gasteiger partial charge in [-0.15, -0.1) is 0 Å². The maximum Gasteiger partial charge on any atom is 0.387 e. The maximum atomic E-state index is 12.4. The topological polar surface area (TPSA) is 108 Å². The van der Waals surface area contributed by atoms with Crippen molar-refractivity contribution in [2.75, 3.05) is 11.8 Å². The summed E-state index contributed by atoms with van der Waals surface area (Å²) in [7, 11) is -3.02. The van der Waals surface area contributed by atoms with Gasteiger partial charge in [0.25, 0.3) is 15.7 Å². The molecule has 0 unspecified atom stereocenters. The SMILES string of the molecule is COc1ccc(NS(=O)(=O)c2ccc(Cl)c([N+](=O)[O-])c2)cc1OC(F)F. The van der Waals surface area contributed by atoms with E-state index >= 15 is 0 Å². The van der Waals surface area contributed by atoms with Crippen LogP contribution in [0.1, 0.15) is 0 Å². The van der Waals surface area contributed by atoms with Crippen molar-refractivity contribution in [1.29, 1.82) is 0 Å². The fourth-order valence-corrected chi connectivity index (χ4v) is 3.20. The summed E-state index contributed by atoms with van der Waals surface area (Å²) in [6.07, 6.45) is 0. The van der Waals surface area contributed by atoms with Crippen LogP contribution in [0.4, 0.5) is 20.2 Å². The number of sulfonamides is 1. The van der Waals surface area contributed by atoms with Gasteiger partial charge in [-0.25, -0.2) is 8.42 Å². The van der Waals surface area contributed by atoms with E-state index in [1.807, 2.05) is 0 Å². The first-order chi connectivity index (χ1) is 12.1. The highest BCUT2D eigenvalue weighted by molar-refractivity contribution is 7.92. The van der Waals surface area contributed by atoms with E-state index in [0.717, 1.165) is 24.3 Å². The zero-order chi connectivity index (χ0) is 19.5. The molecule has 1 N–H and O–H groups in total. The fraction of sp³-hybridized carbons (Fsp3) is 0.143. The number of nitrogens with zero attached hydrogens (tertiary/aromatic N) is 1. The molecule has 26 heavy (non-hydrogen) atoms. The summed E-state index contributed by atoms with van der Waals surface area (Å²) in [6, 6.07) is 6.38. The largest absolute Gasteiger partial charge is 0.493 e. The van der Waals surface area contributed by atoms with Gasteiger partial charge in [0.15, 0.2) is 11.5 Å². The lowest BCUT2D eigenvalue weighted by atomic mass is 10.3. The summed E-state index contributed by atoms with van der Waals surface area (Å²) >= 11 is 5.65. The molecule has 12 heteroatoms. The summed E-state index contributed by atoms with van der Waals surface area (Å²) in [5.41, 5.74) is -0.704. The van der Waals surface area contributed by atoms with Crippen molar-refractivity contribution in [2.45, 2.75) is 11.5 Å². The number of ether oxygens (including phenoxy) is 2. The molecule has 2 aromatic carbocycles. The van der Waals surface area contributed by atoms with Crippen molar-refractivity contribution in [3.05, 3.63) is 51.5 Å². The molecule has 2 aromatic rings. The van der Waals surface area contributed by atoms with Crippen molar-refractivity contribution in [3.8, 4) is 11.5 Å². The van der Waals surface area contributed by atoms with Crippen molar-refractivity contribution in [3.63, 3.8) is 0 Å². The molecular weight excluding hydrogens is 398 g/mol. The molecule has 0 amide bonds. The highest BCUT2D eigenvalue weighted by Gasteiger charge is 2.21. The zero-order valence-corrected chi connectivity index (χ0v) is 14.6. The Labute approximate surface area is 151 Å². The Morgan fingerprint density at radius 3 is 2.46 bits per heavy atom. The van der Waals surface area contributed by atoms with Gasteiger partial charge in [-0.3, -0.25) is 14.8 Å². The molecule has 140 valence electrons. The summed E-state index contributed by atoms with van der Waals surface area (Å²) in [6.45, 7) is -3.14. The van der Waals surface area contributed by atoms with Crippen LogP contribution in [0.15, 0.2) is 41.3 Å². The molecule has 8 nitrogen and oxygen atoms in total. The van der Waals surface area contributed by atoms with E-state index in [1.165, 1.54) is 19.2 Å². The summed E-state index contributed by atoms with van der Waals surface area (Å²) in [4.78, 5) is 9.62. The van der Waals surface area contributed by atoms with Crippen LogP contribution in [-0.2, 0) is 10.0 Å². The molecule has 0 atom stereocenters. The molecule has 0 aromatic heterocycles. The molecule has 0 aliphatic heterocycles. The van der Waals surface area contributed by atoms with E-state index in [0.29, 0.717) is 0 Å². The van der Waals surface area contributed by atoms with Gasteiger partial charge in [-0.2, -0.15) is 8.78 Å². The minimum Gasteiger partial charge on any atom is -0.493 e. The molecule has 0 fully saturated rings. The molecule has 0 saturated heterocycles. The molecule has 0 saturated carbocycles. The number of methoxy groups -OCH3 is 1. The molecule has 0 bridgehead atoms. The van der Waals surface area contributed by atoms with Crippen LogP contribution >= 0.6 is 11.6 Å². The Bertz CT molecular complexity index is 939. The highest BCUT2D eigenvalue weighted by Crippen LogP contribution is 2.33. The predicted octanol–water partition coefficient (Wildman–Crippen LogP) is 3.66. The minimum absolute atomic E-state index is 0.0321. The van der Waals surface area contributed by atoms with Gasteiger partial charge in [0.1, 0.15) is 5.02 Å². The molecular formula is C14H11ClF2N2O6S. The van der Waals surface area contributed by atoms with E-state index in [9.17, 15) is 27.3 Å².